The Balaban J connectivity index is 2.01. The van der Waals surface area contributed by atoms with Gasteiger partial charge in [-0.25, -0.2) is 4.79 Å². The molecular weight excluding hydrogens is 310 g/mol. The summed E-state index contributed by atoms with van der Waals surface area (Å²) in [7, 11) is 0. The number of carbonyl (C=O) groups is 2. The Bertz CT molecular complexity index is 710. The summed E-state index contributed by atoms with van der Waals surface area (Å²) >= 11 is 0. The number of rotatable bonds is 4. The summed E-state index contributed by atoms with van der Waals surface area (Å²) < 4.78 is 10.7. The molecule has 0 aliphatic carbocycles. The first kappa shape index (κ1) is 16.2. The molecule has 0 fully saturated rings. The largest absolute Gasteiger partial charge is 0.454 e. The van der Waals surface area contributed by atoms with Gasteiger partial charge in [0.15, 0.2) is 11.5 Å². The van der Waals surface area contributed by atoms with E-state index in [-0.39, 0.29) is 18.7 Å². The van der Waals surface area contributed by atoms with Gasteiger partial charge in [-0.2, -0.15) is 0 Å². The van der Waals surface area contributed by atoms with Crippen LogP contribution in [-0.4, -0.2) is 36.7 Å². The van der Waals surface area contributed by atoms with Crippen molar-refractivity contribution >= 4 is 11.9 Å². The highest BCUT2D eigenvalue weighted by Gasteiger charge is 2.33. The first-order chi connectivity index (χ1) is 11.5. The second-order valence-electron chi connectivity index (χ2n) is 5.66. The van der Waals surface area contributed by atoms with Crippen LogP contribution in [0.4, 0.5) is 4.79 Å². The van der Waals surface area contributed by atoms with Crippen LogP contribution in [0, 0.1) is 0 Å². The van der Waals surface area contributed by atoms with Crippen molar-refractivity contribution < 1.29 is 19.1 Å². The molecule has 1 atom stereocenters. The zero-order valence-corrected chi connectivity index (χ0v) is 14.0. The van der Waals surface area contributed by atoms with Gasteiger partial charge < -0.3 is 25.0 Å². The predicted molar refractivity (Wildman–Crippen MR) is 87.6 cm³/mol. The maximum absolute atomic E-state index is 12.9. The van der Waals surface area contributed by atoms with E-state index in [4.69, 9.17) is 9.47 Å². The van der Waals surface area contributed by atoms with Crippen molar-refractivity contribution in [1.82, 2.24) is 15.5 Å². The topological polar surface area (TPSA) is 79.9 Å². The maximum Gasteiger partial charge on any atom is 0.319 e. The Kier molecular flexibility index (Phi) is 4.33. The van der Waals surface area contributed by atoms with Crippen molar-refractivity contribution in [3.8, 4) is 11.5 Å². The Morgan fingerprint density at radius 2 is 1.96 bits per heavy atom. The van der Waals surface area contributed by atoms with Crippen LogP contribution in [0.25, 0.3) is 0 Å². The van der Waals surface area contributed by atoms with Crippen molar-refractivity contribution in [1.29, 1.82) is 0 Å². The molecule has 1 aromatic carbocycles. The molecule has 0 aromatic heterocycles. The van der Waals surface area contributed by atoms with Gasteiger partial charge in [0.05, 0.1) is 11.6 Å². The number of allylic oxidation sites excluding steroid dienone is 1. The third kappa shape index (κ3) is 2.77. The van der Waals surface area contributed by atoms with Gasteiger partial charge in [-0.05, 0) is 38.5 Å². The lowest BCUT2D eigenvalue weighted by molar-refractivity contribution is -0.127. The average molecular weight is 331 g/mol. The number of benzene rings is 1. The fraction of sp³-hybridized carbons (Fsp3) is 0.412. The number of hydrogen-bond donors (Lipinski definition) is 2. The summed E-state index contributed by atoms with van der Waals surface area (Å²) in [6.07, 6.45) is 0. The van der Waals surface area contributed by atoms with E-state index in [1.54, 1.807) is 24.0 Å². The number of urea groups is 1. The maximum atomic E-state index is 12.9. The zero-order valence-electron chi connectivity index (χ0n) is 14.0. The second kappa shape index (κ2) is 6.43. The van der Waals surface area contributed by atoms with Crippen molar-refractivity contribution in [2.24, 2.45) is 0 Å². The number of likely N-dealkylation sites (N-methyl/N-ethyl adjacent to an activating group) is 1. The highest BCUT2D eigenvalue weighted by Crippen LogP contribution is 2.37. The van der Waals surface area contributed by atoms with Crippen molar-refractivity contribution in [2.75, 3.05) is 19.9 Å². The lowest BCUT2D eigenvalue weighted by Crippen LogP contribution is -2.47. The Labute approximate surface area is 140 Å². The number of nitrogens with zero attached hydrogens (tertiary/aromatic N) is 1. The van der Waals surface area contributed by atoms with Crippen LogP contribution in [0.1, 0.15) is 32.4 Å². The number of carbonyl (C=O) groups excluding carboxylic acids is 2. The highest BCUT2D eigenvalue weighted by atomic mass is 16.7. The molecule has 2 N–H and O–H groups in total. The predicted octanol–water partition coefficient (Wildman–Crippen LogP) is 1.91. The van der Waals surface area contributed by atoms with E-state index < -0.39 is 6.04 Å². The van der Waals surface area contributed by atoms with Crippen LogP contribution in [0.5, 0.6) is 11.5 Å². The minimum atomic E-state index is -0.527. The normalized spacial score (nSPS) is 19.0. The third-order valence-corrected chi connectivity index (χ3v) is 4.28. The molecule has 2 aliphatic rings. The summed E-state index contributed by atoms with van der Waals surface area (Å²) in [5.41, 5.74) is 1.89. The fourth-order valence-electron chi connectivity index (χ4n) is 3.00. The molecule has 3 rings (SSSR count). The van der Waals surface area contributed by atoms with E-state index >= 15 is 0 Å². The van der Waals surface area contributed by atoms with Crippen molar-refractivity contribution in [3.63, 3.8) is 0 Å². The first-order valence-corrected chi connectivity index (χ1v) is 8.02. The van der Waals surface area contributed by atoms with Crippen LogP contribution < -0.4 is 20.1 Å². The summed E-state index contributed by atoms with van der Waals surface area (Å²) in [6.45, 7) is 7.00. The molecule has 0 saturated carbocycles. The average Bonchev–Trinajstić information content (AvgIpc) is 3.02. The number of fused-ring (bicyclic) bond motifs is 1. The van der Waals surface area contributed by atoms with E-state index in [2.05, 4.69) is 10.6 Å². The van der Waals surface area contributed by atoms with Gasteiger partial charge in [0, 0.05) is 18.8 Å². The molecule has 0 bridgehead atoms. The Morgan fingerprint density at radius 3 is 2.67 bits per heavy atom. The lowest BCUT2D eigenvalue weighted by Gasteiger charge is -2.31. The van der Waals surface area contributed by atoms with E-state index in [1.807, 2.05) is 19.9 Å². The number of amides is 3. The molecule has 128 valence electrons. The molecule has 0 radical (unpaired) electrons. The zero-order chi connectivity index (χ0) is 17.3. The Hall–Kier alpha value is -2.70. The summed E-state index contributed by atoms with van der Waals surface area (Å²) in [6, 6.07) is 4.59. The minimum absolute atomic E-state index is 0.0901. The van der Waals surface area contributed by atoms with Gasteiger partial charge in [-0.15, -0.1) is 0 Å². The monoisotopic (exact) mass is 331 g/mol. The van der Waals surface area contributed by atoms with E-state index in [9.17, 15) is 9.59 Å². The van der Waals surface area contributed by atoms with Gasteiger partial charge in [0.2, 0.25) is 6.79 Å². The van der Waals surface area contributed by atoms with Gasteiger partial charge in [-0.1, -0.05) is 6.07 Å². The molecule has 0 saturated heterocycles. The van der Waals surface area contributed by atoms with Gasteiger partial charge in [0.1, 0.15) is 0 Å². The fourth-order valence-corrected chi connectivity index (χ4v) is 3.00. The Morgan fingerprint density at radius 1 is 1.25 bits per heavy atom. The van der Waals surface area contributed by atoms with Crippen LogP contribution in [0.3, 0.4) is 0 Å². The molecule has 24 heavy (non-hydrogen) atoms. The molecule has 2 heterocycles. The molecule has 2 aliphatic heterocycles. The molecular formula is C17H21N3O4. The number of ether oxygens (including phenoxy) is 2. The molecule has 7 nitrogen and oxygen atoms in total. The quantitative estimate of drug-likeness (QED) is 0.883. The van der Waals surface area contributed by atoms with Crippen LogP contribution in [0.2, 0.25) is 0 Å². The van der Waals surface area contributed by atoms with Gasteiger partial charge in [0.25, 0.3) is 5.91 Å². The molecule has 7 heteroatoms. The van der Waals surface area contributed by atoms with Gasteiger partial charge in [-0.3, -0.25) is 4.79 Å². The minimum Gasteiger partial charge on any atom is -0.454 e. The molecule has 1 aromatic rings. The highest BCUT2D eigenvalue weighted by molar-refractivity contribution is 5.98. The number of nitrogens with one attached hydrogen (secondary N) is 2. The molecule has 0 spiro atoms. The molecule has 3 amide bonds. The summed E-state index contributed by atoms with van der Waals surface area (Å²) in [5.74, 6) is 1.19. The van der Waals surface area contributed by atoms with Gasteiger partial charge >= 0.3 is 6.03 Å². The third-order valence-electron chi connectivity index (χ3n) is 4.28. The van der Waals surface area contributed by atoms with E-state index in [0.717, 1.165) is 5.56 Å². The summed E-state index contributed by atoms with van der Waals surface area (Å²) in [5, 5.41) is 5.53. The smallest absolute Gasteiger partial charge is 0.319 e. The summed E-state index contributed by atoms with van der Waals surface area (Å²) in [4.78, 5) is 26.6. The number of hydrogen-bond acceptors (Lipinski definition) is 4. The van der Waals surface area contributed by atoms with E-state index in [1.165, 1.54) is 0 Å². The first-order valence-electron chi connectivity index (χ1n) is 8.02. The second-order valence-corrected chi connectivity index (χ2v) is 5.66. The van der Waals surface area contributed by atoms with Crippen molar-refractivity contribution in [3.05, 3.63) is 35.0 Å². The standard InChI is InChI=1S/C17H21N3O4/c1-4-20(5-2)16(21)14-10(3)18-17(22)19-15(14)11-6-7-12-13(8-11)24-9-23-12/h6-8,15H,4-5,9H2,1-3H3,(H2,18,19,22). The van der Waals surface area contributed by atoms with Crippen LogP contribution >= 0.6 is 0 Å². The van der Waals surface area contributed by atoms with Crippen molar-refractivity contribution in [2.45, 2.75) is 26.8 Å². The molecule has 1 unspecified atom stereocenters. The van der Waals surface area contributed by atoms with Crippen LogP contribution in [-0.2, 0) is 4.79 Å². The van der Waals surface area contributed by atoms with Crippen LogP contribution in [0.15, 0.2) is 29.5 Å². The SMILES string of the molecule is CCN(CC)C(=O)C1=C(C)NC(=O)NC1c1ccc2c(c1)OCO2. The van der Waals surface area contributed by atoms with E-state index in [0.29, 0.717) is 35.9 Å². The lowest BCUT2D eigenvalue weighted by atomic mass is 9.94.